The minimum atomic E-state index is -3.09. The van der Waals surface area contributed by atoms with Crippen molar-refractivity contribution < 1.29 is 17.9 Å². The second-order valence-corrected chi connectivity index (χ2v) is 7.60. The van der Waals surface area contributed by atoms with Gasteiger partial charge in [0.2, 0.25) is 0 Å². The third-order valence-electron chi connectivity index (χ3n) is 2.29. The van der Waals surface area contributed by atoms with Crippen molar-refractivity contribution in [3.8, 4) is 0 Å². The third-order valence-corrected chi connectivity index (χ3v) is 4.90. The highest BCUT2D eigenvalue weighted by molar-refractivity contribution is 7.92. The predicted octanol–water partition coefficient (Wildman–Crippen LogP) is 0.742. The van der Waals surface area contributed by atoms with Gasteiger partial charge in [0, 0.05) is 13.1 Å². The number of nitrogens with one attached hydrogen (secondary N) is 1. The number of carbonyl (C=O) groups is 1. The molecule has 0 aliphatic heterocycles. The molecule has 0 amide bonds. The van der Waals surface area contributed by atoms with Gasteiger partial charge >= 0.3 is 5.97 Å². The van der Waals surface area contributed by atoms with Crippen LogP contribution in [0.4, 0.5) is 0 Å². The molecule has 0 aliphatic carbocycles. The Morgan fingerprint density at radius 3 is 2.29 bits per heavy atom. The molecule has 0 radical (unpaired) electrons. The van der Waals surface area contributed by atoms with Gasteiger partial charge in [-0.25, -0.2) is 8.42 Å². The molecule has 0 aromatic heterocycles. The Morgan fingerprint density at radius 1 is 1.24 bits per heavy atom. The van der Waals surface area contributed by atoms with E-state index in [9.17, 15) is 13.2 Å². The fourth-order valence-corrected chi connectivity index (χ4v) is 2.09. The van der Waals surface area contributed by atoms with Crippen LogP contribution in [0.2, 0.25) is 0 Å². The highest BCUT2D eigenvalue weighted by Crippen LogP contribution is 2.15. The second-order valence-electron chi connectivity index (χ2n) is 4.74. The van der Waals surface area contributed by atoms with Gasteiger partial charge in [0.05, 0.1) is 23.5 Å². The molecular formula is C11H23NO4S. The number of sulfone groups is 1. The maximum Gasteiger partial charge on any atom is 0.307 e. The van der Waals surface area contributed by atoms with Crippen molar-refractivity contribution in [2.24, 2.45) is 0 Å². The zero-order valence-corrected chi connectivity index (χ0v) is 11.9. The van der Waals surface area contributed by atoms with Crippen molar-refractivity contribution in [1.29, 1.82) is 0 Å². The number of esters is 1. The van der Waals surface area contributed by atoms with Crippen LogP contribution in [0.1, 0.15) is 34.1 Å². The molecule has 102 valence electrons. The van der Waals surface area contributed by atoms with Crippen molar-refractivity contribution in [1.82, 2.24) is 5.32 Å². The Hall–Kier alpha value is -0.620. The first-order valence-corrected chi connectivity index (χ1v) is 7.44. The molecule has 0 rings (SSSR count). The largest absolute Gasteiger partial charge is 0.466 e. The van der Waals surface area contributed by atoms with E-state index >= 15 is 0 Å². The lowest BCUT2D eigenvalue weighted by Crippen LogP contribution is -2.35. The lowest BCUT2D eigenvalue weighted by atomic mass is 10.3. The fourth-order valence-electron chi connectivity index (χ4n) is 1.06. The van der Waals surface area contributed by atoms with Gasteiger partial charge in [0.1, 0.15) is 0 Å². The summed E-state index contributed by atoms with van der Waals surface area (Å²) in [4.78, 5) is 11.0. The molecule has 17 heavy (non-hydrogen) atoms. The Labute approximate surface area is 104 Å². The normalized spacial score (nSPS) is 12.5. The SMILES string of the molecule is CCOC(=O)CCNCCS(=O)(=O)C(C)(C)C. The monoisotopic (exact) mass is 265 g/mol. The average molecular weight is 265 g/mol. The van der Waals surface area contributed by atoms with Crippen LogP contribution in [0, 0.1) is 0 Å². The zero-order valence-electron chi connectivity index (χ0n) is 11.1. The van der Waals surface area contributed by atoms with E-state index < -0.39 is 14.6 Å². The number of hydrogen-bond acceptors (Lipinski definition) is 5. The minimum absolute atomic E-state index is 0.0827. The highest BCUT2D eigenvalue weighted by Gasteiger charge is 2.27. The van der Waals surface area contributed by atoms with Crippen molar-refractivity contribution in [2.75, 3.05) is 25.4 Å². The number of ether oxygens (including phenoxy) is 1. The van der Waals surface area contributed by atoms with Gasteiger partial charge < -0.3 is 10.1 Å². The molecule has 1 N–H and O–H groups in total. The lowest BCUT2D eigenvalue weighted by Gasteiger charge is -2.19. The van der Waals surface area contributed by atoms with E-state index in [2.05, 4.69) is 5.32 Å². The molecule has 0 saturated heterocycles. The summed E-state index contributed by atoms with van der Waals surface area (Å²) in [5, 5.41) is 2.92. The van der Waals surface area contributed by atoms with Crippen molar-refractivity contribution in [3.05, 3.63) is 0 Å². The molecule has 0 spiro atoms. The highest BCUT2D eigenvalue weighted by atomic mass is 32.2. The van der Waals surface area contributed by atoms with E-state index in [1.807, 2.05) is 0 Å². The summed E-state index contributed by atoms with van der Waals surface area (Å²) in [6.45, 7) is 7.97. The van der Waals surface area contributed by atoms with Gasteiger partial charge in [-0.3, -0.25) is 4.79 Å². The minimum Gasteiger partial charge on any atom is -0.466 e. The summed E-state index contributed by atoms with van der Waals surface area (Å²) in [6, 6.07) is 0. The first-order chi connectivity index (χ1) is 7.70. The van der Waals surface area contributed by atoms with Gasteiger partial charge in [0.25, 0.3) is 0 Å². The first kappa shape index (κ1) is 16.4. The van der Waals surface area contributed by atoms with Crippen LogP contribution in [-0.2, 0) is 19.4 Å². The van der Waals surface area contributed by atoms with Crippen LogP contribution < -0.4 is 5.32 Å². The van der Waals surface area contributed by atoms with Gasteiger partial charge in [0.15, 0.2) is 9.84 Å². The summed E-state index contributed by atoms with van der Waals surface area (Å²) in [7, 11) is -3.09. The van der Waals surface area contributed by atoms with Crippen LogP contribution in [0.5, 0.6) is 0 Å². The Balaban J connectivity index is 3.77. The first-order valence-electron chi connectivity index (χ1n) is 5.79. The Morgan fingerprint density at radius 2 is 1.82 bits per heavy atom. The van der Waals surface area contributed by atoms with E-state index in [1.54, 1.807) is 27.7 Å². The molecule has 0 bridgehead atoms. The van der Waals surface area contributed by atoms with Crippen molar-refractivity contribution in [3.63, 3.8) is 0 Å². The van der Waals surface area contributed by atoms with Crippen LogP contribution in [0.25, 0.3) is 0 Å². The predicted molar refractivity (Wildman–Crippen MR) is 67.7 cm³/mol. The fraction of sp³-hybridized carbons (Fsp3) is 0.909. The molecule has 0 saturated carbocycles. The summed E-state index contributed by atoms with van der Waals surface area (Å²) in [5.41, 5.74) is 0. The molecule has 6 heteroatoms. The van der Waals surface area contributed by atoms with Gasteiger partial charge in [-0.2, -0.15) is 0 Å². The Bertz CT molecular complexity index is 330. The molecule has 5 nitrogen and oxygen atoms in total. The van der Waals surface area contributed by atoms with Crippen LogP contribution in [0.3, 0.4) is 0 Å². The van der Waals surface area contributed by atoms with Crippen LogP contribution in [-0.4, -0.2) is 44.6 Å². The molecule has 0 fully saturated rings. The van der Waals surface area contributed by atoms with E-state index in [-0.39, 0.29) is 18.1 Å². The van der Waals surface area contributed by atoms with Gasteiger partial charge in [-0.05, 0) is 27.7 Å². The molecule has 0 aromatic rings. The summed E-state index contributed by atoms with van der Waals surface area (Å²) in [5.74, 6) is -0.182. The summed E-state index contributed by atoms with van der Waals surface area (Å²) in [6.07, 6.45) is 0.267. The van der Waals surface area contributed by atoms with Gasteiger partial charge in [-0.1, -0.05) is 0 Å². The van der Waals surface area contributed by atoms with E-state index in [0.717, 1.165) is 0 Å². The molecule has 0 heterocycles. The smallest absolute Gasteiger partial charge is 0.307 e. The quantitative estimate of drug-likeness (QED) is 0.543. The molecule has 0 unspecified atom stereocenters. The summed E-state index contributed by atoms with van der Waals surface area (Å²) >= 11 is 0. The van der Waals surface area contributed by atoms with E-state index in [1.165, 1.54) is 0 Å². The average Bonchev–Trinajstić information content (AvgIpc) is 2.15. The molecular weight excluding hydrogens is 242 g/mol. The third kappa shape index (κ3) is 6.63. The van der Waals surface area contributed by atoms with Gasteiger partial charge in [-0.15, -0.1) is 0 Å². The second kappa shape index (κ2) is 6.96. The molecule has 0 aliphatic rings. The topological polar surface area (TPSA) is 72.5 Å². The molecule has 0 aromatic carbocycles. The number of rotatable bonds is 7. The van der Waals surface area contributed by atoms with E-state index in [0.29, 0.717) is 19.7 Å². The number of hydrogen-bond donors (Lipinski definition) is 1. The van der Waals surface area contributed by atoms with Crippen molar-refractivity contribution in [2.45, 2.75) is 38.9 Å². The zero-order chi connectivity index (χ0) is 13.5. The maximum absolute atomic E-state index is 11.7. The van der Waals surface area contributed by atoms with Crippen LogP contribution in [0.15, 0.2) is 0 Å². The summed E-state index contributed by atoms with van der Waals surface area (Å²) < 4.78 is 27.5. The maximum atomic E-state index is 11.7. The number of carbonyl (C=O) groups excluding carboxylic acids is 1. The standard InChI is InChI=1S/C11H23NO4S/c1-5-16-10(13)6-7-12-8-9-17(14,15)11(2,3)4/h12H,5-9H2,1-4H3. The Kier molecular flexibility index (Phi) is 6.70. The lowest BCUT2D eigenvalue weighted by molar-refractivity contribution is -0.142. The van der Waals surface area contributed by atoms with E-state index in [4.69, 9.17) is 4.74 Å². The van der Waals surface area contributed by atoms with Crippen LogP contribution >= 0.6 is 0 Å². The molecule has 0 atom stereocenters. The van der Waals surface area contributed by atoms with Crippen molar-refractivity contribution >= 4 is 15.8 Å².